The van der Waals surface area contributed by atoms with E-state index in [4.69, 9.17) is 0 Å². The summed E-state index contributed by atoms with van der Waals surface area (Å²) in [5.74, 6) is 1.77. The fourth-order valence-corrected chi connectivity index (χ4v) is 1.51. The van der Waals surface area contributed by atoms with E-state index >= 15 is 0 Å². The molecular weight excluding hydrogens is 202 g/mol. The van der Waals surface area contributed by atoms with Crippen molar-refractivity contribution in [2.24, 2.45) is 4.99 Å². The molecule has 5 heteroatoms. The second kappa shape index (κ2) is 4.83. The molecule has 0 spiro atoms. The maximum Gasteiger partial charge on any atom is 0.150 e. The van der Waals surface area contributed by atoms with Gasteiger partial charge in [-0.15, -0.1) is 0 Å². The summed E-state index contributed by atoms with van der Waals surface area (Å²) in [7, 11) is 0. The second-order valence-electron chi connectivity index (χ2n) is 4.06. The molecule has 0 radical (unpaired) electrons. The Morgan fingerprint density at radius 2 is 2.38 bits per heavy atom. The van der Waals surface area contributed by atoms with Crippen molar-refractivity contribution in [1.82, 2.24) is 10.2 Å². The van der Waals surface area contributed by atoms with E-state index in [0.717, 1.165) is 30.3 Å². The molecule has 0 amide bonds. The number of nitrogens with one attached hydrogen (secondary N) is 3. The van der Waals surface area contributed by atoms with E-state index in [0.29, 0.717) is 6.04 Å². The Balaban J connectivity index is 1.85. The van der Waals surface area contributed by atoms with Gasteiger partial charge in [-0.2, -0.15) is 5.10 Å². The minimum Gasteiger partial charge on any atom is -0.368 e. The topological polar surface area (TPSA) is 65.1 Å². The first kappa shape index (κ1) is 10.7. The molecule has 0 atom stereocenters. The normalized spacial score (nSPS) is 14.3. The summed E-state index contributed by atoms with van der Waals surface area (Å²) < 4.78 is 0. The van der Waals surface area contributed by atoms with E-state index < -0.39 is 0 Å². The predicted octanol–water partition coefficient (Wildman–Crippen LogP) is 2.00. The lowest BCUT2D eigenvalue weighted by Gasteiger charge is -2.05. The summed E-state index contributed by atoms with van der Waals surface area (Å²) in [5.41, 5.74) is 1.07. The molecule has 3 N–H and O–H groups in total. The summed E-state index contributed by atoms with van der Waals surface area (Å²) in [4.78, 5) is 4.23. The SMILES string of the molecule is CC(C)Nc1cc(NCC2=CCC=N2)n[nH]1. The highest BCUT2D eigenvalue weighted by Crippen LogP contribution is 2.12. The van der Waals surface area contributed by atoms with Crippen molar-refractivity contribution in [2.45, 2.75) is 26.3 Å². The number of hydrogen-bond acceptors (Lipinski definition) is 4. The molecule has 16 heavy (non-hydrogen) atoms. The van der Waals surface area contributed by atoms with Crippen LogP contribution in [0.15, 0.2) is 22.8 Å². The van der Waals surface area contributed by atoms with Crippen molar-refractivity contribution < 1.29 is 0 Å². The Bertz CT molecular complexity index is 402. The summed E-state index contributed by atoms with van der Waals surface area (Å²) in [6, 6.07) is 2.36. The molecule has 1 aromatic rings. The van der Waals surface area contributed by atoms with Crippen LogP contribution in [0.3, 0.4) is 0 Å². The highest BCUT2D eigenvalue weighted by atomic mass is 15.2. The van der Waals surface area contributed by atoms with Gasteiger partial charge in [0.15, 0.2) is 0 Å². The number of allylic oxidation sites excluding steroid dienone is 1. The monoisotopic (exact) mass is 219 g/mol. The van der Waals surface area contributed by atoms with Crippen LogP contribution in [0, 0.1) is 0 Å². The lowest BCUT2D eigenvalue weighted by Crippen LogP contribution is -2.09. The van der Waals surface area contributed by atoms with Crippen LogP contribution in [-0.2, 0) is 0 Å². The Hall–Kier alpha value is -1.78. The number of anilines is 2. The van der Waals surface area contributed by atoms with Gasteiger partial charge in [0.25, 0.3) is 0 Å². The Morgan fingerprint density at radius 3 is 3.06 bits per heavy atom. The molecule has 0 aromatic carbocycles. The third-order valence-electron chi connectivity index (χ3n) is 2.19. The number of nitrogens with zero attached hydrogens (tertiary/aromatic N) is 2. The molecular formula is C11H17N5. The van der Waals surface area contributed by atoms with Gasteiger partial charge in [0, 0.05) is 24.7 Å². The zero-order valence-electron chi connectivity index (χ0n) is 9.62. The van der Waals surface area contributed by atoms with Gasteiger partial charge < -0.3 is 10.6 Å². The summed E-state index contributed by atoms with van der Waals surface area (Å²) in [6.45, 7) is 4.90. The zero-order chi connectivity index (χ0) is 11.4. The number of hydrogen-bond donors (Lipinski definition) is 3. The average molecular weight is 219 g/mol. The lowest BCUT2D eigenvalue weighted by atomic mass is 10.4. The van der Waals surface area contributed by atoms with Gasteiger partial charge in [-0.1, -0.05) is 6.08 Å². The van der Waals surface area contributed by atoms with Gasteiger partial charge in [-0.05, 0) is 13.8 Å². The van der Waals surface area contributed by atoms with E-state index in [-0.39, 0.29) is 0 Å². The molecule has 5 nitrogen and oxygen atoms in total. The van der Waals surface area contributed by atoms with E-state index in [2.05, 4.69) is 45.7 Å². The van der Waals surface area contributed by atoms with Gasteiger partial charge in [0.05, 0.1) is 12.2 Å². The van der Waals surface area contributed by atoms with E-state index in [1.54, 1.807) is 0 Å². The van der Waals surface area contributed by atoms with Crippen LogP contribution in [0.1, 0.15) is 20.3 Å². The van der Waals surface area contributed by atoms with Crippen LogP contribution >= 0.6 is 0 Å². The Labute approximate surface area is 95.0 Å². The molecule has 0 saturated heterocycles. The van der Waals surface area contributed by atoms with Gasteiger partial charge in [0.1, 0.15) is 11.6 Å². The molecule has 0 aliphatic carbocycles. The number of H-pyrrole nitrogens is 1. The first-order valence-corrected chi connectivity index (χ1v) is 5.51. The molecule has 1 aliphatic heterocycles. The van der Waals surface area contributed by atoms with Crippen LogP contribution in [0.2, 0.25) is 0 Å². The maximum atomic E-state index is 4.23. The van der Waals surface area contributed by atoms with Gasteiger partial charge in [0.2, 0.25) is 0 Å². The van der Waals surface area contributed by atoms with Crippen molar-refractivity contribution in [3.8, 4) is 0 Å². The summed E-state index contributed by atoms with van der Waals surface area (Å²) in [5, 5.41) is 13.6. The average Bonchev–Trinajstić information content (AvgIpc) is 2.84. The van der Waals surface area contributed by atoms with Gasteiger partial charge in [-0.3, -0.25) is 10.1 Å². The highest BCUT2D eigenvalue weighted by molar-refractivity contribution is 5.65. The molecule has 0 saturated carbocycles. The predicted molar refractivity (Wildman–Crippen MR) is 67.0 cm³/mol. The van der Waals surface area contributed by atoms with Crippen molar-refractivity contribution in [2.75, 3.05) is 17.2 Å². The van der Waals surface area contributed by atoms with Crippen molar-refractivity contribution in [1.29, 1.82) is 0 Å². The van der Waals surface area contributed by atoms with E-state index in [1.807, 2.05) is 12.3 Å². The number of rotatable bonds is 5. The zero-order valence-corrected chi connectivity index (χ0v) is 9.62. The third-order valence-corrected chi connectivity index (χ3v) is 2.19. The molecule has 2 rings (SSSR count). The minimum absolute atomic E-state index is 0.399. The smallest absolute Gasteiger partial charge is 0.150 e. The van der Waals surface area contributed by atoms with E-state index in [9.17, 15) is 0 Å². The van der Waals surface area contributed by atoms with Crippen molar-refractivity contribution >= 4 is 17.9 Å². The Kier molecular flexibility index (Phi) is 3.24. The minimum atomic E-state index is 0.399. The van der Waals surface area contributed by atoms with Crippen molar-refractivity contribution in [3.05, 3.63) is 17.8 Å². The molecule has 0 bridgehead atoms. The number of aromatic amines is 1. The van der Waals surface area contributed by atoms with Crippen LogP contribution in [-0.4, -0.2) is 29.0 Å². The first-order chi connectivity index (χ1) is 7.74. The van der Waals surface area contributed by atoms with Crippen molar-refractivity contribution in [3.63, 3.8) is 0 Å². The first-order valence-electron chi connectivity index (χ1n) is 5.51. The Morgan fingerprint density at radius 1 is 1.50 bits per heavy atom. The fraction of sp³-hybridized carbons (Fsp3) is 0.455. The highest BCUT2D eigenvalue weighted by Gasteiger charge is 2.03. The maximum absolute atomic E-state index is 4.23. The van der Waals surface area contributed by atoms with Crippen LogP contribution in [0.4, 0.5) is 11.6 Å². The summed E-state index contributed by atoms with van der Waals surface area (Å²) in [6.07, 6.45) is 4.96. The fourth-order valence-electron chi connectivity index (χ4n) is 1.51. The lowest BCUT2D eigenvalue weighted by molar-refractivity contribution is 0.884. The standard InChI is InChI=1S/C11H17N5/c1-8(2)14-11-6-10(15-16-11)13-7-9-4-3-5-12-9/h4-6,8H,3,7H2,1-2H3,(H3,13,14,15,16). The molecule has 1 aromatic heterocycles. The molecule has 0 unspecified atom stereocenters. The molecule has 86 valence electrons. The van der Waals surface area contributed by atoms with E-state index in [1.165, 1.54) is 0 Å². The van der Waals surface area contributed by atoms with Crippen LogP contribution < -0.4 is 10.6 Å². The number of aromatic nitrogens is 2. The van der Waals surface area contributed by atoms with Crippen LogP contribution in [0.5, 0.6) is 0 Å². The van der Waals surface area contributed by atoms with Gasteiger partial charge in [-0.25, -0.2) is 0 Å². The largest absolute Gasteiger partial charge is 0.368 e. The van der Waals surface area contributed by atoms with Gasteiger partial charge >= 0.3 is 0 Å². The third kappa shape index (κ3) is 2.85. The number of aliphatic imine (C=N–C) groups is 1. The molecule has 2 heterocycles. The molecule has 0 fully saturated rings. The quantitative estimate of drug-likeness (QED) is 0.709. The molecule has 1 aliphatic rings. The summed E-state index contributed by atoms with van der Waals surface area (Å²) >= 11 is 0. The van der Waals surface area contributed by atoms with Crippen LogP contribution in [0.25, 0.3) is 0 Å². The second-order valence-corrected chi connectivity index (χ2v) is 4.06.